The number of nitrogens with one attached hydrogen (secondary N) is 1. The largest absolute Gasteiger partial charge is 0.354 e. The predicted octanol–water partition coefficient (Wildman–Crippen LogP) is 3.77. The van der Waals surface area contributed by atoms with Gasteiger partial charge in [0, 0.05) is 16.4 Å². The average Bonchev–Trinajstić information content (AvgIpc) is 2.32. The van der Waals surface area contributed by atoms with E-state index in [1.54, 1.807) is 18.5 Å². The van der Waals surface area contributed by atoms with E-state index in [9.17, 15) is 0 Å². The van der Waals surface area contributed by atoms with Crippen LogP contribution in [0.3, 0.4) is 0 Å². The van der Waals surface area contributed by atoms with Gasteiger partial charge in [0.15, 0.2) is 0 Å². The first kappa shape index (κ1) is 11.6. The van der Waals surface area contributed by atoms with Crippen LogP contribution in [0.4, 0.5) is 11.4 Å². The van der Waals surface area contributed by atoms with Crippen LogP contribution in [0.25, 0.3) is 0 Å². The van der Waals surface area contributed by atoms with E-state index in [0.717, 1.165) is 21.4 Å². The van der Waals surface area contributed by atoms with E-state index >= 15 is 0 Å². The molecule has 2 aromatic rings. The van der Waals surface area contributed by atoms with Crippen LogP contribution in [-0.4, -0.2) is 4.98 Å². The first-order valence-electron chi connectivity index (χ1n) is 5.07. The minimum absolute atomic E-state index is 0.640. The van der Waals surface area contributed by atoms with Gasteiger partial charge in [-0.15, -0.1) is 0 Å². The third kappa shape index (κ3) is 2.83. The number of benzene rings is 1. The maximum atomic E-state index is 8.87. The van der Waals surface area contributed by atoms with Crippen LogP contribution in [0.2, 0.25) is 0 Å². The normalized spacial score (nSPS) is 9.71. The molecule has 0 atom stereocenters. The van der Waals surface area contributed by atoms with Crippen molar-refractivity contribution in [3.63, 3.8) is 0 Å². The highest BCUT2D eigenvalue weighted by Crippen LogP contribution is 2.23. The monoisotopic (exact) mass is 287 g/mol. The molecule has 3 nitrogen and oxygen atoms in total. The Labute approximate surface area is 108 Å². The molecule has 0 spiro atoms. The van der Waals surface area contributed by atoms with Gasteiger partial charge in [-0.3, -0.25) is 4.98 Å². The lowest BCUT2D eigenvalue weighted by Gasteiger charge is -2.09. The molecule has 0 aliphatic heterocycles. The van der Waals surface area contributed by atoms with Crippen molar-refractivity contribution in [3.05, 3.63) is 52.3 Å². The van der Waals surface area contributed by atoms with E-state index in [1.807, 2.05) is 25.1 Å². The fourth-order valence-corrected chi connectivity index (χ4v) is 1.83. The summed E-state index contributed by atoms with van der Waals surface area (Å²) in [7, 11) is 0. The molecule has 2 rings (SSSR count). The van der Waals surface area contributed by atoms with E-state index in [2.05, 4.69) is 32.3 Å². The summed E-state index contributed by atoms with van der Waals surface area (Å²) in [4.78, 5) is 4.08. The fourth-order valence-electron chi connectivity index (χ4n) is 1.46. The molecule has 0 unspecified atom stereocenters. The second-order valence-corrected chi connectivity index (χ2v) is 4.57. The van der Waals surface area contributed by atoms with Crippen molar-refractivity contribution in [2.24, 2.45) is 0 Å². The van der Waals surface area contributed by atoms with Gasteiger partial charge in [0.05, 0.1) is 23.5 Å². The number of hydrogen-bond acceptors (Lipinski definition) is 3. The van der Waals surface area contributed by atoms with Gasteiger partial charge < -0.3 is 5.32 Å². The van der Waals surface area contributed by atoms with Crippen LogP contribution >= 0.6 is 15.9 Å². The van der Waals surface area contributed by atoms with Gasteiger partial charge in [0.1, 0.15) is 0 Å². The highest BCUT2D eigenvalue weighted by Gasteiger charge is 2.01. The van der Waals surface area contributed by atoms with Crippen molar-refractivity contribution < 1.29 is 0 Å². The molecule has 0 saturated heterocycles. The van der Waals surface area contributed by atoms with Gasteiger partial charge in [-0.1, -0.05) is 6.07 Å². The third-order valence-electron chi connectivity index (χ3n) is 2.35. The van der Waals surface area contributed by atoms with E-state index < -0.39 is 0 Å². The van der Waals surface area contributed by atoms with Gasteiger partial charge in [-0.2, -0.15) is 5.26 Å². The van der Waals surface area contributed by atoms with Crippen LogP contribution in [0.15, 0.2) is 41.1 Å². The number of nitrogens with zero attached hydrogens (tertiary/aromatic N) is 2. The lowest BCUT2D eigenvalue weighted by Crippen LogP contribution is -1.94. The second-order valence-electron chi connectivity index (χ2n) is 3.66. The molecule has 0 aliphatic rings. The zero-order valence-corrected chi connectivity index (χ0v) is 10.8. The first-order chi connectivity index (χ1) is 8.19. The summed E-state index contributed by atoms with van der Waals surface area (Å²) >= 11 is 3.37. The highest BCUT2D eigenvalue weighted by molar-refractivity contribution is 9.10. The number of pyridine rings is 1. The van der Waals surface area contributed by atoms with Crippen molar-refractivity contribution in [1.82, 2.24) is 4.98 Å². The van der Waals surface area contributed by atoms with Crippen molar-refractivity contribution in [2.45, 2.75) is 6.92 Å². The van der Waals surface area contributed by atoms with Crippen molar-refractivity contribution in [3.8, 4) is 6.07 Å². The van der Waals surface area contributed by atoms with E-state index in [-0.39, 0.29) is 0 Å². The Morgan fingerprint density at radius 2 is 2.12 bits per heavy atom. The minimum Gasteiger partial charge on any atom is -0.354 e. The minimum atomic E-state index is 0.640. The summed E-state index contributed by atoms with van der Waals surface area (Å²) in [5, 5.41) is 12.1. The van der Waals surface area contributed by atoms with Gasteiger partial charge in [0.2, 0.25) is 0 Å². The molecule has 84 valence electrons. The molecule has 0 bridgehead atoms. The van der Waals surface area contributed by atoms with Gasteiger partial charge in [-0.25, -0.2) is 0 Å². The maximum absolute atomic E-state index is 8.87. The molecule has 1 aromatic heterocycles. The molecule has 1 N–H and O–H groups in total. The zero-order chi connectivity index (χ0) is 12.3. The molecule has 17 heavy (non-hydrogen) atoms. The Morgan fingerprint density at radius 3 is 2.82 bits per heavy atom. The lowest BCUT2D eigenvalue weighted by atomic mass is 10.1. The molecule has 0 radical (unpaired) electrons. The summed E-state index contributed by atoms with van der Waals surface area (Å²) in [5.74, 6) is 0. The Morgan fingerprint density at radius 1 is 1.29 bits per heavy atom. The molecule has 1 heterocycles. The standard InChI is InChI=1S/C13H10BrN3/c1-9-2-3-10(6-15)4-13(9)17-12-5-11(14)7-16-8-12/h2-5,7-8,17H,1H3. The number of hydrogen-bond donors (Lipinski definition) is 1. The van der Waals surface area contributed by atoms with Gasteiger partial charge >= 0.3 is 0 Å². The van der Waals surface area contributed by atoms with Crippen LogP contribution in [0.1, 0.15) is 11.1 Å². The smallest absolute Gasteiger partial charge is 0.0992 e. The Hall–Kier alpha value is -1.86. The number of rotatable bonds is 2. The summed E-state index contributed by atoms with van der Waals surface area (Å²) < 4.78 is 0.914. The zero-order valence-electron chi connectivity index (χ0n) is 9.24. The fraction of sp³-hybridized carbons (Fsp3) is 0.0769. The van der Waals surface area contributed by atoms with Crippen LogP contribution in [0.5, 0.6) is 0 Å². The Kier molecular flexibility index (Phi) is 3.40. The molecule has 0 fully saturated rings. The molecular formula is C13H10BrN3. The average molecular weight is 288 g/mol. The lowest BCUT2D eigenvalue weighted by molar-refractivity contribution is 1.30. The van der Waals surface area contributed by atoms with Crippen molar-refractivity contribution in [2.75, 3.05) is 5.32 Å². The number of aromatic nitrogens is 1. The second kappa shape index (κ2) is 4.98. The molecule has 1 aromatic carbocycles. The predicted molar refractivity (Wildman–Crippen MR) is 71.1 cm³/mol. The number of aryl methyl sites for hydroxylation is 1. The number of anilines is 2. The summed E-state index contributed by atoms with van der Waals surface area (Å²) in [5.41, 5.74) is 3.53. The topological polar surface area (TPSA) is 48.7 Å². The van der Waals surface area contributed by atoms with E-state index in [0.29, 0.717) is 5.56 Å². The maximum Gasteiger partial charge on any atom is 0.0992 e. The number of halogens is 1. The van der Waals surface area contributed by atoms with Crippen molar-refractivity contribution in [1.29, 1.82) is 5.26 Å². The van der Waals surface area contributed by atoms with Gasteiger partial charge in [-0.05, 0) is 46.6 Å². The van der Waals surface area contributed by atoms with Crippen LogP contribution in [0, 0.1) is 18.3 Å². The number of nitriles is 1. The summed E-state index contributed by atoms with van der Waals surface area (Å²) in [6, 6.07) is 9.62. The van der Waals surface area contributed by atoms with Crippen LogP contribution in [-0.2, 0) is 0 Å². The molecular weight excluding hydrogens is 278 g/mol. The summed E-state index contributed by atoms with van der Waals surface area (Å²) in [6.07, 6.45) is 3.47. The molecule has 0 amide bonds. The van der Waals surface area contributed by atoms with Crippen LogP contribution < -0.4 is 5.32 Å². The first-order valence-corrected chi connectivity index (χ1v) is 5.86. The van der Waals surface area contributed by atoms with E-state index in [1.165, 1.54) is 0 Å². The third-order valence-corrected chi connectivity index (χ3v) is 2.78. The van der Waals surface area contributed by atoms with Gasteiger partial charge in [0.25, 0.3) is 0 Å². The molecule has 0 saturated carbocycles. The summed E-state index contributed by atoms with van der Waals surface area (Å²) in [6.45, 7) is 1.99. The highest BCUT2D eigenvalue weighted by atomic mass is 79.9. The quantitative estimate of drug-likeness (QED) is 0.915. The SMILES string of the molecule is Cc1ccc(C#N)cc1Nc1cncc(Br)c1. The molecule has 4 heteroatoms. The Bertz CT molecular complexity index is 587. The Balaban J connectivity index is 2.33. The molecule has 0 aliphatic carbocycles. The van der Waals surface area contributed by atoms with E-state index in [4.69, 9.17) is 5.26 Å². The van der Waals surface area contributed by atoms with Crippen molar-refractivity contribution >= 4 is 27.3 Å².